The molecule has 1 aromatic carbocycles. The summed E-state index contributed by atoms with van der Waals surface area (Å²) in [7, 11) is 0. The minimum Gasteiger partial charge on any atom is -0.399 e. The second-order valence-electron chi connectivity index (χ2n) is 4.02. The summed E-state index contributed by atoms with van der Waals surface area (Å²) in [5, 5.41) is 5.43. The summed E-state index contributed by atoms with van der Waals surface area (Å²) in [4.78, 5) is 4.36. The highest BCUT2D eigenvalue weighted by atomic mass is 15.3. The van der Waals surface area contributed by atoms with Crippen LogP contribution in [-0.2, 0) is 0 Å². The Kier molecular flexibility index (Phi) is 2.08. The Balaban J connectivity index is 2.31. The number of nitrogens with two attached hydrogens (primary N) is 1. The number of anilines is 1. The maximum atomic E-state index is 5.81. The van der Waals surface area contributed by atoms with Crippen LogP contribution >= 0.6 is 0 Å². The van der Waals surface area contributed by atoms with Crippen molar-refractivity contribution in [2.24, 2.45) is 0 Å². The number of rotatable bonds is 1. The van der Waals surface area contributed by atoms with Gasteiger partial charge in [0.2, 0.25) is 0 Å². The van der Waals surface area contributed by atoms with E-state index in [0.29, 0.717) is 0 Å². The molecule has 4 heteroatoms. The van der Waals surface area contributed by atoms with Crippen LogP contribution in [0.4, 0.5) is 5.69 Å². The topological polar surface area (TPSA) is 56.7 Å². The van der Waals surface area contributed by atoms with Gasteiger partial charge in [0.1, 0.15) is 0 Å². The molecule has 4 nitrogen and oxygen atoms in total. The first-order valence-corrected chi connectivity index (χ1v) is 5.41. The Morgan fingerprint density at radius 2 is 2.12 bits per heavy atom. The number of nitrogens with zero attached hydrogens (tertiary/aromatic N) is 3. The lowest BCUT2D eigenvalue weighted by Crippen LogP contribution is -2.01. The quantitative estimate of drug-likeness (QED) is 0.645. The molecule has 3 aromatic rings. The highest BCUT2D eigenvalue weighted by molar-refractivity contribution is 5.83. The van der Waals surface area contributed by atoms with Crippen molar-refractivity contribution >= 4 is 16.6 Å². The summed E-state index contributed by atoms with van der Waals surface area (Å²) in [6, 6.07) is 9.68. The molecule has 0 aliphatic heterocycles. The van der Waals surface area contributed by atoms with Crippen LogP contribution < -0.4 is 5.73 Å². The van der Waals surface area contributed by atoms with Gasteiger partial charge in [-0.25, -0.2) is 9.67 Å². The molecule has 0 saturated carbocycles. The van der Waals surface area contributed by atoms with Crippen LogP contribution in [0.3, 0.4) is 0 Å². The van der Waals surface area contributed by atoms with Gasteiger partial charge >= 0.3 is 0 Å². The van der Waals surface area contributed by atoms with Gasteiger partial charge < -0.3 is 5.73 Å². The second-order valence-corrected chi connectivity index (χ2v) is 4.02. The van der Waals surface area contributed by atoms with Crippen molar-refractivity contribution in [2.75, 3.05) is 5.73 Å². The molecule has 0 bridgehead atoms. The van der Waals surface area contributed by atoms with E-state index in [1.165, 1.54) is 0 Å². The van der Waals surface area contributed by atoms with E-state index in [1.807, 2.05) is 48.1 Å². The number of hydrogen-bond donors (Lipinski definition) is 1. The summed E-state index contributed by atoms with van der Waals surface area (Å²) in [5.41, 5.74) is 8.60. The van der Waals surface area contributed by atoms with Crippen molar-refractivity contribution in [3.8, 4) is 5.82 Å². The Morgan fingerprint density at radius 3 is 2.94 bits per heavy atom. The predicted molar refractivity (Wildman–Crippen MR) is 68.0 cm³/mol. The second kappa shape index (κ2) is 3.59. The van der Waals surface area contributed by atoms with Crippen molar-refractivity contribution in [1.29, 1.82) is 0 Å². The standard InChI is InChI=1S/C13H12N4/c1-9-3-2-6-15-13(9)17-12-7-11(14)5-4-10(12)8-16-17/h2-8H,14H2,1H3. The molecule has 0 fully saturated rings. The third-order valence-electron chi connectivity index (χ3n) is 2.78. The van der Waals surface area contributed by atoms with Gasteiger partial charge in [0.05, 0.1) is 11.7 Å². The molecule has 0 aliphatic rings. The first kappa shape index (κ1) is 9.84. The monoisotopic (exact) mass is 224 g/mol. The van der Waals surface area contributed by atoms with E-state index in [2.05, 4.69) is 10.1 Å². The van der Waals surface area contributed by atoms with Crippen LogP contribution in [0, 0.1) is 6.92 Å². The molecule has 0 atom stereocenters. The molecule has 3 rings (SSSR count). The lowest BCUT2D eigenvalue weighted by molar-refractivity contribution is 0.865. The summed E-state index contributed by atoms with van der Waals surface area (Å²) in [5.74, 6) is 0.841. The minimum atomic E-state index is 0.729. The van der Waals surface area contributed by atoms with Crippen LogP contribution in [0.2, 0.25) is 0 Å². The number of fused-ring (bicyclic) bond motifs is 1. The average Bonchev–Trinajstić information content (AvgIpc) is 2.72. The largest absolute Gasteiger partial charge is 0.399 e. The fourth-order valence-corrected chi connectivity index (χ4v) is 1.90. The summed E-state index contributed by atoms with van der Waals surface area (Å²) >= 11 is 0. The van der Waals surface area contributed by atoms with Crippen LogP contribution in [0.15, 0.2) is 42.7 Å². The zero-order valence-electron chi connectivity index (χ0n) is 9.46. The third-order valence-corrected chi connectivity index (χ3v) is 2.78. The molecular formula is C13H12N4. The molecule has 2 N–H and O–H groups in total. The van der Waals surface area contributed by atoms with Gasteiger partial charge in [-0.3, -0.25) is 0 Å². The van der Waals surface area contributed by atoms with Gasteiger partial charge in [0, 0.05) is 17.3 Å². The van der Waals surface area contributed by atoms with Crippen LogP contribution in [-0.4, -0.2) is 14.8 Å². The molecule has 2 aromatic heterocycles. The number of aromatic nitrogens is 3. The molecule has 0 spiro atoms. The van der Waals surface area contributed by atoms with Crippen molar-refractivity contribution in [3.05, 3.63) is 48.3 Å². The molecule has 2 heterocycles. The summed E-state index contributed by atoms with van der Waals surface area (Å²) < 4.78 is 1.82. The van der Waals surface area contributed by atoms with Gasteiger partial charge in [-0.2, -0.15) is 5.10 Å². The van der Waals surface area contributed by atoms with Gasteiger partial charge in [-0.1, -0.05) is 6.07 Å². The molecule has 84 valence electrons. The van der Waals surface area contributed by atoms with E-state index in [9.17, 15) is 0 Å². The Morgan fingerprint density at radius 1 is 1.24 bits per heavy atom. The lowest BCUT2D eigenvalue weighted by atomic mass is 10.2. The van der Waals surface area contributed by atoms with E-state index >= 15 is 0 Å². The van der Waals surface area contributed by atoms with E-state index < -0.39 is 0 Å². The minimum absolute atomic E-state index is 0.729. The van der Waals surface area contributed by atoms with Crippen LogP contribution in [0.5, 0.6) is 0 Å². The first-order valence-electron chi connectivity index (χ1n) is 5.41. The van der Waals surface area contributed by atoms with Crippen molar-refractivity contribution in [2.45, 2.75) is 6.92 Å². The highest BCUT2D eigenvalue weighted by Gasteiger charge is 2.07. The van der Waals surface area contributed by atoms with E-state index in [1.54, 1.807) is 6.20 Å². The fourth-order valence-electron chi connectivity index (χ4n) is 1.90. The normalized spacial score (nSPS) is 10.9. The van der Waals surface area contributed by atoms with Crippen molar-refractivity contribution in [3.63, 3.8) is 0 Å². The number of benzene rings is 1. The molecule has 0 unspecified atom stereocenters. The Labute approximate surface area is 98.7 Å². The van der Waals surface area contributed by atoms with Crippen molar-refractivity contribution < 1.29 is 0 Å². The number of pyridine rings is 1. The number of hydrogen-bond acceptors (Lipinski definition) is 3. The highest BCUT2D eigenvalue weighted by Crippen LogP contribution is 2.20. The smallest absolute Gasteiger partial charge is 0.156 e. The lowest BCUT2D eigenvalue weighted by Gasteiger charge is -2.05. The molecule has 0 aliphatic carbocycles. The van der Waals surface area contributed by atoms with Crippen molar-refractivity contribution in [1.82, 2.24) is 14.8 Å². The number of aryl methyl sites for hydroxylation is 1. The third kappa shape index (κ3) is 1.54. The van der Waals surface area contributed by atoms with Gasteiger partial charge in [-0.15, -0.1) is 0 Å². The first-order chi connectivity index (χ1) is 8.25. The predicted octanol–water partition coefficient (Wildman–Crippen LogP) is 2.31. The fraction of sp³-hybridized carbons (Fsp3) is 0.0769. The number of nitrogen functional groups attached to an aromatic ring is 1. The van der Waals surface area contributed by atoms with E-state index in [4.69, 9.17) is 5.73 Å². The summed E-state index contributed by atoms with van der Waals surface area (Å²) in [6.45, 7) is 2.02. The maximum absolute atomic E-state index is 5.81. The molecule has 0 radical (unpaired) electrons. The zero-order valence-corrected chi connectivity index (χ0v) is 9.46. The van der Waals surface area contributed by atoms with Crippen LogP contribution in [0.25, 0.3) is 16.7 Å². The van der Waals surface area contributed by atoms with Crippen LogP contribution in [0.1, 0.15) is 5.56 Å². The Bertz CT molecular complexity index is 685. The summed E-state index contributed by atoms with van der Waals surface area (Å²) in [6.07, 6.45) is 3.59. The van der Waals surface area contributed by atoms with E-state index in [-0.39, 0.29) is 0 Å². The van der Waals surface area contributed by atoms with Gasteiger partial charge in [0.25, 0.3) is 0 Å². The molecule has 0 saturated heterocycles. The molecule has 0 amide bonds. The molecular weight excluding hydrogens is 212 g/mol. The average molecular weight is 224 g/mol. The van der Waals surface area contributed by atoms with Gasteiger partial charge in [-0.05, 0) is 36.8 Å². The zero-order chi connectivity index (χ0) is 11.8. The SMILES string of the molecule is Cc1cccnc1-n1ncc2ccc(N)cc21. The van der Waals surface area contributed by atoms with Gasteiger partial charge in [0.15, 0.2) is 5.82 Å². The van der Waals surface area contributed by atoms with E-state index in [0.717, 1.165) is 28.0 Å². The molecule has 17 heavy (non-hydrogen) atoms. The Hall–Kier alpha value is -2.36. The maximum Gasteiger partial charge on any atom is 0.156 e.